The lowest BCUT2D eigenvalue weighted by Gasteiger charge is -2.19. The minimum absolute atomic E-state index is 0.278. The first-order valence-corrected chi connectivity index (χ1v) is 6.91. The van der Waals surface area contributed by atoms with Crippen LogP contribution in [-0.4, -0.2) is 7.11 Å². The molecule has 0 heterocycles. The lowest BCUT2D eigenvalue weighted by atomic mass is 9.97. The zero-order valence-electron chi connectivity index (χ0n) is 11.3. The topological polar surface area (TPSA) is 47.3 Å². The largest absolute Gasteiger partial charge is 0.497 e. The van der Waals surface area contributed by atoms with Crippen molar-refractivity contribution in [1.82, 2.24) is 5.43 Å². The summed E-state index contributed by atoms with van der Waals surface area (Å²) < 4.78 is 19.7. The van der Waals surface area contributed by atoms with Crippen molar-refractivity contribution in [1.29, 1.82) is 0 Å². The Balaban J connectivity index is 2.51. The molecule has 0 saturated carbocycles. The van der Waals surface area contributed by atoms with Gasteiger partial charge in [-0.05, 0) is 53.9 Å². The third-order valence-electron chi connectivity index (χ3n) is 3.08. The molecule has 0 saturated heterocycles. The Morgan fingerprint density at radius 2 is 2.00 bits per heavy atom. The summed E-state index contributed by atoms with van der Waals surface area (Å²) in [6.45, 7) is 1.85. The fourth-order valence-electron chi connectivity index (χ4n) is 2.17. The van der Waals surface area contributed by atoms with Crippen molar-refractivity contribution >= 4 is 15.9 Å². The Bertz CT molecular complexity index is 599. The molecular weight excluding hydrogens is 323 g/mol. The van der Waals surface area contributed by atoms with Crippen molar-refractivity contribution in [3.8, 4) is 5.75 Å². The molecule has 0 bridgehead atoms. The van der Waals surface area contributed by atoms with Gasteiger partial charge in [-0.1, -0.05) is 22.0 Å². The quantitative estimate of drug-likeness (QED) is 0.663. The Hall–Kier alpha value is -1.43. The molecule has 3 N–H and O–H groups in total. The molecule has 3 nitrogen and oxygen atoms in total. The zero-order chi connectivity index (χ0) is 14.7. The molecule has 0 radical (unpaired) electrons. The van der Waals surface area contributed by atoms with Crippen molar-refractivity contribution < 1.29 is 9.13 Å². The van der Waals surface area contributed by atoms with Gasteiger partial charge in [-0.25, -0.2) is 9.82 Å². The molecule has 1 unspecified atom stereocenters. The third-order valence-corrected chi connectivity index (χ3v) is 3.80. The Kier molecular flexibility index (Phi) is 4.75. The number of hydrogen-bond acceptors (Lipinski definition) is 3. The number of methoxy groups -OCH3 is 1. The third kappa shape index (κ3) is 3.17. The summed E-state index contributed by atoms with van der Waals surface area (Å²) in [5.74, 6) is 6.10. The molecule has 5 heteroatoms. The fourth-order valence-corrected chi connectivity index (χ4v) is 2.64. The Morgan fingerprint density at radius 1 is 1.25 bits per heavy atom. The minimum Gasteiger partial charge on any atom is -0.497 e. The number of aryl methyl sites for hydroxylation is 1. The number of nitrogens with two attached hydrogens (primary N) is 1. The van der Waals surface area contributed by atoms with E-state index in [9.17, 15) is 4.39 Å². The van der Waals surface area contributed by atoms with Crippen LogP contribution in [0.2, 0.25) is 0 Å². The van der Waals surface area contributed by atoms with Gasteiger partial charge in [0.15, 0.2) is 0 Å². The first kappa shape index (κ1) is 15.0. The molecule has 2 aromatic rings. The summed E-state index contributed by atoms with van der Waals surface area (Å²) in [5.41, 5.74) is 5.22. The standard InChI is InChI=1S/C15H16BrFN2O/c1-9-5-10(7-11(17)6-9)15(19-18)13-8-12(20-2)3-4-14(13)16/h3-8,15,19H,18H2,1-2H3. The predicted octanol–water partition coefficient (Wildman–Crippen LogP) is 3.46. The van der Waals surface area contributed by atoms with Crippen LogP contribution in [0.3, 0.4) is 0 Å². The van der Waals surface area contributed by atoms with Crippen molar-refractivity contribution in [2.24, 2.45) is 5.84 Å². The molecular formula is C15H16BrFN2O. The molecule has 1 atom stereocenters. The van der Waals surface area contributed by atoms with Crippen LogP contribution < -0.4 is 16.0 Å². The van der Waals surface area contributed by atoms with Crippen LogP contribution in [0.4, 0.5) is 4.39 Å². The van der Waals surface area contributed by atoms with Gasteiger partial charge in [0.05, 0.1) is 13.2 Å². The average Bonchev–Trinajstić information content (AvgIpc) is 2.40. The van der Waals surface area contributed by atoms with Gasteiger partial charge in [-0.15, -0.1) is 0 Å². The van der Waals surface area contributed by atoms with E-state index < -0.39 is 0 Å². The molecule has 0 amide bonds. The van der Waals surface area contributed by atoms with Gasteiger partial charge < -0.3 is 4.74 Å². The van der Waals surface area contributed by atoms with Crippen molar-refractivity contribution in [3.05, 3.63) is 63.4 Å². The summed E-state index contributed by atoms with van der Waals surface area (Å²) in [5, 5.41) is 0. The van der Waals surface area contributed by atoms with Gasteiger partial charge in [-0.3, -0.25) is 5.84 Å². The normalized spacial score (nSPS) is 12.2. The Morgan fingerprint density at radius 3 is 2.60 bits per heavy atom. The summed E-state index contributed by atoms with van der Waals surface area (Å²) in [6, 6.07) is 10.1. The van der Waals surface area contributed by atoms with E-state index >= 15 is 0 Å². The van der Waals surface area contributed by atoms with E-state index in [0.29, 0.717) is 0 Å². The summed E-state index contributed by atoms with van der Waals surface area (Å²) >= 11 is 3.49. The van der Waals surface area contributed by atoms with Gasteiger partial charge >= 0.3 is 0 Å². The second-order valence-electron chi connectivity index (χ2n) is 4.55. The number of benzene rings is 2. The predicted molar refractivity (Wildman–Crippen MR) is 81.0 cm³/mol. The minimum atomic E-state index is -0.325. The highest BCUT2D eigenvalue weighted by atomic mass is 79.9. The van der Waals surface area contributed by atoms with Crippen LogP contribution in [0.5, 0.6) is 5.75 Å². The van der Waals surface area contributed by atoms with E-state index in [4.69, 9.17) is 10.6 Å². The van der Waals surface area contributed by atoms with Gasteiger partial charge in [-0.2, -0.15) is 0 Å². The summed E-state index contributed by atoms with van der Waals surface area (Å²) in [6.07, 6.45) is 0. The molecule has 0 aliphatic heterocycles. The van der Waals surface area contributed by atoms with Crippen LogP contribution in [0.25, 0.3) is 0 Å². The van der Waals surface area contributed by atoms with Gasteiger partial charge in [0, 0.05) is 4.47 Å². The number of hydrogen-bond donors (Lipinski definition) is 2. The van der Waals surface area contributed by atoms with Crippen LogP contribution in [-0.2, 0) is 0 Å². The van der Waals surface area contributed by atoms with Crippen LogP contribution in [0.1, 0.15) is 22.7 Å². The number of hydrazine groups is 1. The van der Waals surface area contributed by atoms with Gasteiger partial charge in [0.25, 0.3) is 0 Å². The van der Waals surface area contributed by atoms with E-state index in [0.717, 1.165) is 26.9 Å². The Labute approximate surface area is 126 Å². The van der Waals surface area contributed by atoms with E-state index in [-0.39, 0.29) is 11.9 Å². The highest BCUT2D eigenvalue weighted by Gasteiger charge is 2.17. The van der Waals surface area contributed by atoms with Crippen LogP contribution >= 0.6 is 15.9 Å². The molecule has 0 aliphatic rings. The molecule has 106 valence electrons. The van der Waals surface area contributed by atoms with E-state index in [1.165, 1.54) is 12.1 Å². The van der Waals surface area contributed by atoms with Crippen LogP contribution in [0, 0.1) is 12.7 Å². The molecule has 0 spiro atoms. The number of halogens is 2. The molecule has 0 fully saturated rings. The average molecular weight is 339 g/mol. The van der Waals surface area contributed by atoms with Crippen molar-refractivity contribution in [3.63, 3.8) is 0 Å². The smallest absolute Gasteiger partial charge is 0.123 e. The maximum Gasteiger partial charge on any atom is 0.123 e. The highest BCUT2D eigenvalue weighted by molar-refractivity contribution is 9.10. The monoisotopic (exact) mass is 338 g/mol. The van der Waals surface area contributed by atoms with Gasteiger partial charge in [0.1, 0.15) is 11.6 Å². The van der Waals surface area contributed by atoms with E-state index in [1.54, 1.807) is 7.11 Å². The fraction of sp³-hybridized carbons (Fsp3) is 0.200. The molecule has 0 aliphatic carbocycles. The maximum atomic E-state index is 13.6. The second kappa shape index (κ2) is 6.35. The van der Waals surface area contributed by atoms with E-state index in [1.807, 2.05) is 31.2 Å². The number of ether oxygens (including phenoxy) is 1. The molecule has 2 rings (SSSR count). The molecule has 2 aromatic carbocycles. The van der Waals surface area contributed by atoms with E-state index in [2.05, 4.69) is 21.4 Å². The highest BCUT2D eigenvalue weighted by Crippen LogP contribution is 2.31. The zero-order valence-corrected chi connectivity index (χ0v) is 12.9. The number of nitrogens with one attached hydrogen (secondary N) is 1. The summed E-state index contributed by atoms with van der Waals surface area (Å²) in [4.78, 5) is 0. The van der Waals surface area contributed by atoms with Crippen LogP contribution in [0.15, 0.2) is 40.9 Å². The van der Waals surface area contributed by atoms with Gasteiger partial charge in [0.2, 0.25) is 0 Å². The second-order valence-corrected chi connectivity index (χ2v) is 5.40. The maximum absolute atomic E-state index is 13.6. The first-order chi connectivity index (χ1) is 9.55. The van der Waals surface area contributed by atoms with Crippen molar-refractivity contribution in [2.75, 3.05) is 7.11 Å². The summed E-state index contributed by atoms with van der Waals surface area (Å²) in [7, 11) is 1.60. The number of rotatable bonds is 4. The lowest BCUT2D eigenvalue weighted by Crippen LogP contribution is -2.29. The lowest BCUT2D eigenvalue weighted by molar-refractivity contribution is 0.413. The van der Waals surface area contributed by atoms with Crippen molar-refractivity contribution in [2.45, 2.75) is 13.0 Å². The molecule has 20 heavy (non-hydrogen) atoms. The molecule has 0 aromatic heterocycles. The SMILES string of the molecule is COc1ccc(Br)c(C(NN)c2cc(C)cc(F)c2)c1. The first-order valence-electron chi connectivity index (χ1n) is 6.12.